The van der Waals surface area contributed by atoms with E-state index in [4.69, 9.17) is 18.0 Å². The molecule has 1 aromatic carbocycles. The van der Waals surface area contributed by atoms with Crippen molar-refractivity contribution in [2.24, 2.45) is 11.7 Å². The van der Waals surface area contributed by atoms with Crippen molar-refractivity contribution in [3.8, 4) is 0 Å². The molecule has 5 nitrogen and oxygen atoms in total. The number of nitrogens with two attached hydrogens (primary N) is 1. The third kappa shape index (κ3) is 3.53. The molecule has 0 atom stereocenters. The normalized spacial score (nSPS) is 17.6. The van der Waals surface area contributed by atoms with E-state index in [1.165, 1.54) is 4.31 Å². The highest BCUT2D eigenvalue weighted by Crippen LogP contribution is 2.24. The van der Waals surface area contributed by atoms with Crippen LogP contribution in [0.2, 0.25) is 0 Å². The molecule has 1 fully saturated rings. The maximum Gasteiger partial charge on any atom is 0.303 e. The molecular weight excluding hydrogens is 306 g/mol. The van der Waals surface area contributed by atoms with E-state index >= 15 is 0 Å². The van der Waals surface area contributed by atoms with Crippen molar-refractivity contribution in [2.45, 2.75) is 19.8 Å². The molecule has 0 radical (unpaired) electrons. The van der Waals surface area contributed by atoms with Crippen LogP contribution < -0.4 is 10.0 Å². The van der Waals surface area contributed by atoms with E-state index in [2.05, 4.69) is 6.92 Å². The van der Waals surface area contributed by atoms with Crippen LogP contribution in [0.3, 0.4) is 0 Å². The molecule has 1 aromatic rings. The van der Waals surface area contributed by atoms with Crippen LogP contribution in [0.25, 0.3) is 0 Å². The Kier molecular flexibility index (Phi) is 4.85. The van der Waals surface area contributed by atoms with E-state index in [0.29, 0.717) is 29.7 Å². The molecule has 1 aliphatic rings. The van der Waals surface area contributed by atoms with Gasteiger partial charge in [0, 0.05) is 25.7 Å². The van der Waals surface area contributed by atoms with Gasteiger partial charge in [-0.1, -0.05) is 19.1 Å². The molecule has 0 saturated carbocycles. The molecule has 0 aromatic heterocycles. The summed E-state index contributed by atoms with van der Waals surface area (Å²) in [6.07, 6.45) is 1.82. The summed E-state index contributed by atoms with van der Waals surface area (Å²) in [6.45, 7) is 3.32. The minimum atomic E-state index is -3.47. The summed E-state index contributed by atoms with van der Waals surface area (Å²) >= 11 is 4.90. The summed E-state index contributed by atoms with van der Waals surface area (Å²) in [5, 5.41) is 0. The van der Waals surface area contributed by atoms with Crippen molar-refractivity contribution < 1.29 is 8.42 Å². The van der Waals surface area contributed by atoms with Gasteiger partial charge in [-0.3, -0.25) is 4.31 Å². The van der Waals surface area contributed by atoms with Gasteiger partial charge in [-0.05, 0) is 43.0 Å². The van der Waals surface area contributed by atoms with Crippen molar-refractivity contribution in [3.05, 3.63) is 29.8 Å². The summed E-state index contributed by atoms with van der Waals surface area (Å²) in [7, 11) is -1.90. The van der Waals surface area contributed by atoms with Crippen LogP contribution in [0, 0.1) is 5.92 Å². The van der Waals surface area contributed by atoms with Gasteiger partial charge in [-0.25, -0.2) is 0 Å². The van der Waals surface area contributed by atoms with E-state index in [1.807, 2.05) is 0 Å². The second-order valence-corrected chi connectivity index (χ2v) is 7.87. The molecule has 0 unspecified atom stereocenters. The van der Waals surface area contributed by atoms with Gasteiger partial charge in [0.1, 0.15) is 4.99 Å². The third-order valence-corrected chi connectivity index (χ3v) is 6.09. The molecule has 7 heteroatoms. The SMILES string of the molecule is CC1CCN(S(=O)(=O)N(C)c2ccc(C(N)=S)cc2)CC1. The Bertz CT molecular complexity index is 606. The number of hydrogen-bond donors (Lipinski definition) is 1. The highest BCUT2D eigenvalue weighted by atomic mass is 32.2. The first-order valence-corrected chi connectivity index (χ1v) is 8.76. The Balaban J connectivity index is 2.17. The first kappa shape index (κ1) is 16.2. The predicted octanol–water partition coefficient (Wildman–Crippen LogP) is 1.73. The van der Waals surface area contributed by atoms with Gasteiger partial charge in [0.15, 0.2) is 0 Å². The summed E-state index contributed by atoms with van der Waals surface area (Å²) < 4.78 is 28.1. The van der Waals surface area contributed by atoms with Crippen molar-refractivity contribution in [3.63, 3.8) is 0 Å². The second kappa shape index (κ2) is 6.29. The quantitative estimate of drug-likeness (QED) is 0.855. The van der Waals surface area contributed by atoms with Crippen molar-refractivity contribution in [2.75, 3.05) is 24.4 Å². The largest absolute Gasteiger partial charge is 0.389 e. The van der Waals surface area contributed by atoms with Gasteiger partial charge in [0.2, 0.25) is 0 Å². The molecule has 2 rings (SSSR count). The van der Waals surface area contributed by atoms with Crippen LogP contribution in [0.1, 0.15) is 25.3 Å². The van der Waals surface area contributed by atoms with Crippen molar-refractivity contribution in [1.29, 1.82) is 0 Å². The lowest BCUT2D eigenvalue weighted by Gasteiger charge is -2.33. The number of anilines is 1. The Morgan fingerprint density at radius 3 is 2.29 bits per heavy atom. The standard InChI is InChI=1S/C14H21N3O2S2/c1-11-7-9-17(10-8-11)21(18,19)16(2)13-5-3-12(4-6-13)14(15)20/h3-6,11H,7-10H2,1-2H3,(H2,15,20). The average molecular weight is 327 g/mol. The molecule has 21 heavy (non-hydrogen) atoms. The molecule has 0 bridgehead atoms. The van der Waals surface area contributed by atoms with E-state index in [-0.39, 0.29) is 0 Å². The van der Waals surface area contributed by atoms with Gasteiger partial charge < -0.3 is 5.73 Å². The maximum absolute atomic E-state index is 12.6. The molecule has 0 aliphatic carbocycles. The highest BCUT2D eigenvalue weighted by molar-refractivity contribution is 7.90. The molecule has 1 heterocycles. The summed E-state index contributed by atoms with van der Waals surface area (Å²) in [5.74, 6) is 0.589. The van der Waals surface area contributed by atoms with E-state index in [1.54, 1.807) is 35.6 Å². The third-order valence-electron chi connectivity index (χ3n) is 3.93. The van der Waals surface area contributed by atoms with Crippen LogP contribution in [0.4, 0.5) is 5.69 Å². The monoisotopic (exact) mass is 327 g/mol. The number of benzene rings is 1. The Labute approximate surface area is 131 Å². The fourth-order valence-electron chi connectivity index (χ4n) is 2.36. The van der Waals surface area contributed by atoms with Gasteiger partial charge in [0.05, 0.1) is 5.69 Å². The van der Waals surface area contributed by atoms with Gasteiger partial charge in [-0.2, -0.15) is 12.7 Å². The van der Waals surface area contributed by atoms with Crippen molar-refractivity contribution >= 4 is 33.1 Å². The topological polar surface area (TPSA) is 66.6 Å². The van der Waals surface area contributed by atoms with Gasteiger partial charge in [0.25, 0.3) is 0 Å². The van der Waals surface area contributed by atoms with E-state index < -0.39 is 10.2 Å². The van der Waals surface area contributed by atoms with Crippen molar-refractivity contribution in [1.82, 2.24) is 4.31 Å². The fraction of sp³-hybridized carbons (Fsp3) is 0.500. The fourth-order valence-corrected chi connectivity index (χ4v) is 3.90. The Hall–Kier alpha value is -1.18. The number of piperidine rings is 1. The number of hydrogen-bond acceptors (Lipinski definition) is 3. The zero-order valence-electron chi connectivity index (χ0n) is 12.3. The van der Waals surface area contributed by atoms with Crippen LogP contribution in [0.5, 0.6) is 0 Å². The number of thiocarbonyl (C=S) groups is 1. The molecular formula is C14H21N3O2S2. The van der Waals surface area contributed by atoms with Crippen LogP contribution in [-0.4, -0.2) is 37.8 Å². The van der Waals surface area contributed by atoms with Crippen LogP contribution in [0.15, 0.2) is 24.3 Å². The highest BCUT2D eigenvalue weighted by Gasteiger charge is 2.30. The van der Waals surface area contributed by atoms with Crippen LogP contribution >= 0.6 is 12.2 Å². The molecule has 0 spiro atoms. The number of rotatable bonds is 4. The lowest BCUT2D eigenvalue weighted by molar-refractivity contribution is 0.287. The maximum atomic E-state index is 12.6. The van der Waals surface area contributed by atoms with Gasteiger partial charge >= 0.3 is 10.2 Å². The molecule has 116 valence electrons. The predicted molar refractivity (Wildman–Crippen MR) is 89.6 cm³/mol. The summed E-state index contributed by atoms with van der Waals surface area (Å²) in [4.78, 5) is 0.303. The molecule has 0 amide bonds. The van der Waals surface area contributed by atoms with Crippen LogP contribution in [-0.2, 0) is 10.2 Å². The first-order chi connectivity index (χ1) is 9.82. The Morgan fingerprint density at radius 2 is 1.81 bits per heavy atom. The Morgan fingerprint density at radius 1 is 1.29 bits per heavy atom. The molecule has 1 aliphatic heterocycles. The molecule has 2 N–H and O–H groups in total. The number of nitrogens with zero attached hydrogens (tertiary/aromatic N) is 2. The summed E-state index contributed by atoms with van der Waals surface area (Å²) in [6, 6.07) is 6.92. The average Bonchev–Trinajstić information content (AvgIpc) is 2.47. The zero-order chi connectivity index (χ0) is 15.6. The summed E-state index contributed by atoms with van der Waals surface area (Å²) in [5.41, 5.74) is 6.88. The molecule has 1 saturated heterocycles. The van der Waals surface area contributed by atoms with Gasteiger partial charge in [-0.15, -0.1) is 0 Å². The first-order valence-electron chi connectivity index (χ1n) is 6.96. The lowest BCUT2D eigenvalue weighted by atomic mass is 10.0. The lowest BCUT2D eigenvalue weighted by Crippen LogP contribution is -2.45. The smallest absolute Gasteiger partial charge is 0.303 e. The van der Waals surface area contributed by atoms with E-state index in [9.17, 15) is 8.42 Å². The minimum absolute atomic E-state index is 0.303. The van der Waals surface area contributed by atoms with E-state index in [0.717, 1.165) is 18.4 Å². The minimum Gasteiger partial charge on any atom is -0.389 e. The zero-order valence-corrected chi connectivity index (χ0v) is 14.0. The second-order valence-electron chi connectivity index (χ2n) is 5.47.